The maximum absolute atomic E-state index is 11.0. The second-order valence-electron chi connectivity index (χ2n) is 4.78. The van der Waals surface area contributed by atoms with Gasteiger partial charge in [0.05, 0.1) is 4.47 Å². The number of hydrogen-bond donors (Lipinski definition) is 1. The molecule has 1 fully saturated rings. The van der Waals surface area contributed by atoms with Gasteiger partial charge in [-0.25, -0.2) is 4.98 Å². The van der Waals surface area contributed by atoms with Crippen LogP contribution in [-0.4, -0.2) is 30.0 Å². The minimum atomic E-state index is 0.0584. The van der Waals surface area contributed by atoms with Crippen molar-refractivity contribution in [3.05, 3.63) is 22.3 Å². The van der Waals surface area contributed by atoms with Crippen LogP contribution >= 0.6 is 15.9 Å². The van der Waals surface area contributed by atoms with E-state index in [-0.39, 0.29) is 5.91 Å². The third-order valence-corrected chi connectivity index (χ3v) is 3.74. The fraction of sp³-hybridized carbons (Fsp3) is 0.538. The Balaban J connectivity index is 1.99. The number of aryl methyl sites for hydroxylation is 1. The first kappa shape index (κ1) is 13.3. The van der Waals surface area contributed by atoms with Crippen molar-refractivity contribution in [3.63, 3.8) is 0 Å². The van der Waals surface area contributed by atoms with Crippen LogP contribution in [0.25, 0.3) is 0 Å². The molecule has 2 heterocycles. The fourth-order valence-corrected chi connectivity index (χ4v) is 3.00. The summed E-state index contributed by atoms with van der Waals surface area (Å²) in [5.41, 5.74) is 1.15. The first-order chi connectivity index (χ1) is 8.56. The molecule has 1 aromatic heterocycles. The van der Waals surface area contributed by atoms with Gasteiger partial charge in [-0.15, -0.1) is 0 Å². The van der Waals surface area contributed by atoms with Crippen molar-refractivity contribution in [3.8, 4) is 0 Å². The predicted molar refractivity (Wildman–Crippen MR) is 75.7 cm³/mol. The van der Waals surface area contributed by atoms with Crippen LogP contribution in [0.3, 0.4) is 0 Å². The minimum Gasteiger partial charge on any atom is -0.356 e. The molecule has 18 heavy (non-hydrogen) atoms. The van der Waals surface area contributed by atoms with E-state index in [1.807, 2.05) is 13.1 Å². The second kappa shape index (κ2) is 5.69. The van der Waals surface area contributed by atoms with E-state index in [0.29, 0.717) is 6.04 Å². The average Bonchev–Trinajstić information content (AvgIpc) is 2.30. The van der Waals surface area contributed by atoms with E-state index in [1.165, 1.54) is 0 Å². The van der Waals surface area contributed by atoms with Crippen LogP contribution in [0.4, 0.5) is 5.82 Å². The lowest BCUT2D eigenvalue weighted by molar-refractivity contribution is -0.119. The van der Waals surface area contributed by atoms with Gasteiger partial charge in [0.2, 0.25) is 5.91 Å². The monoisotopic (exact) mass is 311 g/mol. The summed E-state index contributed by atoms with van der Waals surface area (Å²) in [4.78, 5) is 17.8. The lowest BCUT2D eigenvalue weighted by Gasteiger charge is -2.33. The van der Waals surface area contributed by atoms with Crippen LogP contribution in [0, 0.1) is 6.92 Å². The number of pyridine rings is 1. The van der Waals surface area contributed by atoms with Crippen molar-refractivity contribution in [1.82, 2.24) is 10.3 Å². The van der Waals surface area contributed by atoms with Gasteiger partial charge in [0, 0.05) is 32.3 Å². The number of carbonyl (C=O) groups is 1. The number of rotatable bonds is 2. The van der Waals surface area contributed by atoms with Gasteiger partial charge in [-0.3, -0.25) is 4.79 Å². The standard InChI is InChI=1S/C13H18BrN3O/c1-9-7-12(14)13(15-8-9)17-5-3-11(4-6-17)16-10(2)18/h7-8,11H,3-6H2,1-2H3,(H,16,18). The topological polar surface area (TPSA) is 45.2 Å². The smallest absolute Gasteiger partial charge is 0.217 e. The van der Waals surface area contributed by atoms with E-state index < -0.39 is 0 Å². The summed E-state index contributed by atoms with van der Waals surface area (Å²) in [5.74, 6) is 1.06. The lowest BCUT2D eigenvalue weighted by Crippen LogP contribution is -2.44. The molecule has 4 nitrogen and oxygen atoms in total. The molecule has 98 valence electrons. The van der Waals surface area contributed by atoms with E-state index in [2.05, 4.69) is 37.2 Å². The third-order valence-electron chi connectivity index (χ3n) is 3.16. The molecule has 0 unspecified atom stereocenters. The number of halogens is 1. The number of aromatic nitrogens is 1. The first-order valence-electron chi connectivity index (χ1n) is 6.20. The Morgan fingerprint density at radius 3 is 2.72 bits per heavy atom. The zero-order valence-corrected chi connectivity index (χ0v) is 12.3. The Morgan fingerprint density at radius 2 is 2.17 bits per heavy atom. The summed E-state index contributed by atoms with van der Waals surface area (Å²) in [6.07, 6.45) is 3.84. The molecular formula is C13H18BrN3O. The van der Waals surface area contributed by atoms with Crippen LogP contribution in [0.5, 0.6) is 0 Å². The summed E-state index contributed by atoms with van der Waals surface area (Å²) < 4.78 is 1.04. The number of carbonyl (C=O) groups excluding carboxylic acids is 1. The predicted octanol–water partition coefficient (Wildman–Crippen LogP) is 2.26. The molecule has 1 aliphatic rings. The number of nitrogens with one attached hydrogen (secondary N) is 1. The molecule has 1 saturated heterocycles. The van der Waals surface area contributed by atoms with Crippen molar-refractivity contribution in [2.75, 3.05) is 18.0 Å². The molecule has 0 saturated carbocycles. The molecule has 1 aromatic rings. The van der Waals surface area contributed by atoms with E-state index in [0.717, 1.165) is 41.8 Å². The third kappa shape index (κ3) is 3.22. The molecule has 0 aromatic carbocycles. The molecular weight excluding hydrogens is 294 g/mol. The van der Waals surface area contributed by atoms with Gasteiger partial charge < -0.3 is 10.2 Å². The highest BCUT2D eigenvalue weighted by atomic mass is 79.9. The molecule has 0 spiro atoms. The van der Waals surface area contributed by atoms with E-state index in [4.69, 9.17) is 0 Å². The molecule has 1 amide bonds. The molecule has 0 aliphatic carbocycles. The summed E-state index contributed by atoms with van der Waals surface area (Å²) in [5, 5.41) is 2.98. The Hall–Kier alpha value is -1.10. The molecule has 0 bridgehead atoms. The Bertz CT molecular complexity index is 442. The Kier molecular flexibility index (Phi) is 4.22. The largest absolute Gasteiger partial charge is 0.356 e. The van der Waals surface area contributed by atoms with Gasteiger partial charge in [-0.2, -0.15) is 0 Å². The summed E-state index contributed by atoms with van der Waals surface area (Å²) >= 11 is 3.56. The molecule has 0 radical (unpaired) electrons. The SMILES string of the molecule is CC(=O)NC1CCN(c2ncc(C)cc2Br)CC1. The molecule has 2 rings (SSSR count). The average molecular weight is 312 g/mol. The highest BCUT2D eigenvalue weighted by Crippen LogP contribution is 2.26. The van der Waals surface area contributed by atoms with Gasteiger partial charge >= 0.3 is 0 Å². The summed E-state index contributed by atoms with van der Waals surface area (Å²) in [6, 6.07) is 2.39. The molecule has 1 aliphatic heterocycles. The Labute approximate surface area is 116 Å². The first-order valence-corrected chi connectivity index (χ1v) is 7.00. The van der Waals surface area contributed by atoms with Gasteiger partial charge in [-0.05, 0) is 47.3 Å². The van der Waals surface area contributed by atoms with Crippen molar-refractivity contribution in [2.45, 2.75) is 32.7 Å². The second-order valence-corrected chi connectivity index (χ2v) is 5.63. The van der Waals surface area contributed by atoms with Crippen molar-refractivity contribution >= 4 is 27.7 Å². The zero-order valence-electron chi connectivity index (χ0n) is 10.7. The van der Waals surface area contributed by atoms with Crippen molar-refractivity contribution in [2.24, 2.45) is 0 Å². The number of amides is 1. The number of anilines is 1. The Morgan fingerprint density at radius 1 is 1.50 bits per heavy atom. The molecule has 5 heteroatoms. The van der Waals surface area contributed by atoms with Crippen LogP contribution in [-0.2, 0) is 4.79 Å². The molecule has 1 N–H and O–H groups in total. The zero-order chi connectivity index (χ0) is 13.1. The van der Waals surface area contributed by atoms with Gasteiger partial charge in [0.15, 0.2) is 0 Å². The van der Waals surface area contributed by atoms with Crippen LogP contribution in [0.2, 0.25) is 0 Å². The van der Waals surface area contributed by atoms with E-state index in [1.54, 1.807) is 6.92 Å². The van der Waals surface area contributed by atoms with E-state index >= 15 is 0 Å². The van der Waals surface area contributed by atoms with Crippen molar-refractivity contribution in [1.29, 1.82) is 0 Å². The quantitative estimate of drug-likeness (QED) is 0.911. The lowest BCUT2D eigenvalue weighted by atomic mass is 10.1. The minimum absolute atomic E-state index is 0.0584. The van der Waals surface area contributed by atoms with Crippen molar-refractivity contribution < 1.29 is 4.79 Å². The van der Waals surface area contributed by atoms with Crippen LogP contribution in [0.15, 0.2) is 16.7 Å². The highest BCUT2D eigenvalue weighted by molar-refractivity contribution is 9.10. The maximum Gasteiger partial charge on any atom is 0.217 e. The van der Waals surface area contributed by atoms with Gasteiger partial charge in [0.1, 0.15) is 5.82 Å². The number of nitrogens with zero attached hydrogens (tertiary/aromatic N) is 2. The normalized spacial score (nSPS) is 16.7. The van der Waals surface area contributed by atoms with Gasteiger partial charge in [-0.1, -0.05) is 0 Å². The van der Waals surface area contributed by atoms with Gasteiger partial charge in [0.25, 0.3) is 0 Å². The van der Waals surface area contributed by atoms with E-state index in [9.17, 15) is 4.79 Å². The fourth-order valence-electron chi connectivity index (χ4n) is 2.28. The number of piperidine rings is 1. The highest BCUT2D eigenvalue weighted by Gasteiger charge is 2.21. The molecule has 0 atom stereocenters. The number of hydrogen-bond acceptors (Lipinski definition) is 3. The van der Waals surface area contributed by atoms with Crippen LogP contribution in [0.1, 0.15) is 25.3 Å². The summed E-state index contributed by atoms with van der Waals surface area (Å²) in [7, 11) is 0. The van der Waals surface area contributed by atoms with Crippen LogP contribution < -0.4 is 10.2 Å². The summed E-state index contributed by atoms with van der Waals surface area (Å²) in [6.45, 7) is 5.47. The maximum atomic E-state index is 11.0.